The molecular weight excluding hydrogens is 392 g/mol. The SMILES string of the molecule is COc1ccc(NC(=O)c2ccc(O[C@@H](C)C(=O)Nc3cccc(C)c3C)cc2)cc1. The summed E-state index contributed by atoms with van der Waals surface area (Å²) in [7, 11) is 1.59. The zero-order valence-electron chi connectivity index (χ0n) is 18.1. The predicted octanol–water partition coefficient (Wildman–Crippen LogP) is 4.97. The molecule has 160 valence electrons. The van der Waals surface area contributed by atoms with E-state index in [4.69, 9.17) is 9.47 Å². The molecule has 6 nitrogen and oxygen atoms in total. The van der Waals surface area contributed by atoms with Crippen LogP contribution in [0.25, 0.3) is 0 Å². The highest BCUT2D eigenvalue weighted by Crippen LogP contribution is 2.20. The van der Waals surface area contributed by atoms with Crippen LogP contribution < -0.4 is 20.1 Å². The maximum absolute atomic E-state index is 12.5. The molecule has 0 fully saturated rings. The van der Waals surface area contributed by atoms with Crippen LogP contribution in [0.2, 0.25) is 0 Å². The van der Waals surface area contributed by atoms with Crippen molar-refractivity contribution in [3.63, 3.8) is 0 Å². The lowest BCUT2D eigenvalue weighted by Crippen LogP contribution is -2.30. The van der Waals surface area contributed by atoms with Crippen molar-refractivity contribution in [1.29, 1.82) is 0 Å². The quantitative estimate of drug-likeness (QED) is 0.568. The largest absolute Gasteiger partial charge is 0.497 e. The van der Waals surface area contributed by atoms with Gasteiger partial charge in [-0.3, -0.25) is 9.59 Å². The maximum Gasteiger partial charge on any atom is 0.265 e. The molecule has 31 heavy (non-hydrogen) atoms. The molecular formula is C25H26N2O4. The van der Waals surface area contributed by atoms with Gasteiger partial charge in [0.1, 0.15) is 11.5 Å². The Kier molecular flexibility index (Phi) is 6.92. The van der Waals surface area contributed by atoms with Crippen LogP contribution in [0.3, 0.4) is 0 Å². The second kappa shape index (κ2) is 9.80. The molecule has 2 N–H and O–H groups in total. The molecule has 1 atom stereocenters. The number of benzene rings is 3. The summed E-state index contributed by atoms with van der Waals surface area (Å²) in [6, 6.07) is 19.5. The van der Waals surface area contributed by atoms with E-state index >= 15 is 0 Å². The topological polar surface area (TPSA) is 76.7 Å². The van der Waals surface area contributed by atoms with Crippen molar-refractivity contribution < 1.29 is 19.1 Å². The van der Waals surface area contributed by atoms with Gasteiger partial charge in [0.05, 0.1) is 7.11 Å². The van der Waals surface area contributed by atoms with Gasteiger partial charge in [-0.2, -0.15) is 0 Å². The summed E-state index contributed by atoms with van der Waals surface area (Å²) in [5.74, 6) is 0.743. The lowest BCUT2D eigenvalue weighted by molar-refractivity contribution is -0.122. The molecule has 3 rings (SSSR count). The summed E-state index contributed by atoms with van der Waals surface area (Å²) in [6.07, 6.45) is -0.695. The highest BCUT2D eigenvalue weighted by Gasteiger charge is 2.16. The summed E-state index contributed by atoms with van der Waals surface area (Å²) in [6.45, 7) is 5.65. The Hall–Kier alpha value is -3.80. The van der Waals surface area contributed by atoms with Gasteiger partial charge in [0, 0.05) is 16.9 Å². The van der Waals surface area contributed by atoms with Crippen molar-refractivity contribution in [1.82, 2.24) is 0 Å². The van der Waals surface area contributed by atoms with Gasteiger partial charge in [0.25, 0.3) is 11.8 Å². The number of aryl methyl sites for hydroxylation is 1. The predicted molar refractivity (Wildman–Crippen MR) is 122 cm³/mol. The van der Waals surface area contributed by atoms with Crippen molar-refractivity contribution in [2.75, 3.05) is 17.7 Å². The molecule has 6 heteroatoms. The molecule has 0 radical (unpaired) electrons. The Morgan fingerprint density at radius 2 is 1.48 bits per heavy atom. The lowest BCUT2D eigenvalue weighted by Gasteiger charge is -2.16. The van der Waals surface area contributed by atoms with E-state index in [0.717, 1.165) is 22.6 Å². The minimum atomic E-state index is -0.695. The molecule has 0 aliphatic carbocycles. The van der Waals surface area contributed by atoms with Gasteiger partial charge in [-0.1, -0.05) is 12.1 Å². The first-order valence-corrected chi connectivity index (χ1v) is 9.96. The Morgan fingerprint density at radius 1 is 0.839 bits per heavy atom. The first-order chi connectivity index (χ1) is 14.9. The molecule has 0 heterocycles. The number of anilines is 2. The number of carbonyl (C=O) groups excluding carboxylic acids is 2. The molecule has 3 aromatic rings. The van der Waals surface area contributed by atoms with Crippen molar-refractivity contribution >= 4 is 23.2 Å². The Bertz CT molecular complexity index is 1060. The number of carbonyl (C=O) groups is 2. The van der Waals surface area contributed by atoms with E-state index in [1.807, 2.05) is 32.0 Å². The smallest absolute Gasteiger partial charge is 0.265 e. The normalized spacial score (nSPS) is 11.4. The Morgan fingerprint density at radius 3 is 2.13 bits per heavy atom. The van der Waals surface area contributed by atoms with E-state index in [0.29, 0.717) is 17.0 Å². The van der Waals surface area contributed by atoms with Crippen molar-refractivity contribution in [3.8, 4) is 11.5 Å². The molecule has 0 aliphatic rings. The monoisotopic (exact) mass is 418 g/mol. The molecule has 2 amide bonds. The van der Waals surface area contributed by atoms with Crippen molar-refractivity contribution in [2.45, 2.75) is 26.9 Å². The molecule has 0 saturated carbocycles. The van der Waals surface area contributed by atoms with Crippen LogP contribution in [0.1, 0.15) is 28.4 Å². The van der Waals surface area contributed by atoms with Gasteiger partial charge in [0.2, 0.25) is 0 Å². The number of hydrogen-bond acceptors (Lipinski definition) is 4. The minimum absolute atomic E-state index is 0.238. The number of rotatable bonds is 7. The number of nitrogens with one attached hydrogen (secondary N) is 2. The molecule has 0 aromatic heterocycles. The van der Waals surface area contributed by atoms with E-state index in [-0.39, 0.29) is 11.8 Å². The van der Waals surface area contributed by atoms with Crippen LogP contribution in [-0.4, -0.2) is 25.0 Å². The average Bonchev–Trinajstić information content (AvgIpc) is 2.77. The lowest BCUT2D eigenvalue weighted by atomic mass is 10.1. The molecule has 0 bridgehead atoms. The zero-order valence-corrected chi connectivity index (χ0v) is 18.1. The molecule has 0 saturated heterocycles. The molecule has 3 aromatic carbocycles. The summed E-state index contributed by atoms with van der Waals surface area (Å²) in [5.41, 5.74) is 4.05. The van der Waals surface area contributed by atoms with E-state index in [2.05, 4.69) is 10.6 Å². The van der Waals surface area contributed by atoms with Gasteiger partial charge >= 0.3 is 0 Å². The number of amides is 2. The molecule has 0 unspecified atom stereocenters. The highest BCUT2D eigenvalue weighted by molar-refractivity contribution is 6.04. The van der Waals surface area contributed by atoms with Crippen molar-refractivity contribution in [2.24, 2.45) is 0 Å². The first kappa shape index (κ1) is 21.9. The fraction of sp³-hybridized carbons (Fsp3) is 0.200. The zero-order chi connectivity index (χ0) is 22.4. The van der Waals surface area contributed by atoms with Gasteiger partial charge in [0.15, 0.2) is 6.10 Å². The van der Waals surface area contributed by atoms with Gasteiger partial charge in [-0.25, -0.2) is 0 Å². The molecule has 0 aliphatic heterocycles. The van der Waals surface area contributed by atoms with E-state index < -0.39 is 6.10 Å². The van der Waals surface area contributed by atoms with Crippen LogP contribution in [0, 0.1) is 13.8 Å². The van der Waals surface area contributed by atoms with Crippen LogP contribution in [0.15, 0.2) is 66.7 Å². The van der Waals surface area contributed by atoms with Gasteiger partial charge < -0.3 is 20.1 Å². The second-order valence-corrected chi connectivity index (χ2v) is 7.20. The average molecular weight is 418 g/mol. The fourth-order valence-corrected chi connectivity index (χ4v) is 2.94. The molecule has 0 spiro atoms. The highest BCUT2D eigenvalue weighted by atomic mass is 16.5. The van der Waals surface area contributed by atoms with E-state index in [9.17, 15) is 9.59 Å². The van der Waals surface area contributed by atoms with E-state index in [1.165, 1.54) is 0 Å². The Labute approximate surface area is 182 Å². The second-order valence-electron chi connectivity index (χ2n) is 7.20. The van der Waals surface area contributed by atoms with Crippen LogP contribution in [0.4, 0.5) is 11.4 Å². The summed E-state index contributed by atoms with van der Waals surface area (Å²) in [4.78, 5) is 24.9. The maximum atomic E-state index is 12.5. The number of methoxy groups -OCH3 is 1. The first-order valence-electron chi connectivity index (χ1n) is 9.96. The number of hydrogen-bond donors (Lipinski definition) is 2. The van der Waals surface area contributed by atoms with Crippen molar-refractivity contribution in [3.05, 3.63) is 83.4 Å². The summed E-state index contributed by atoms with van der Waals surface area (Å²) >= 11 is 0. The van der Waals surface area contributed by atoms with Gasteiger partial charge in [-0.05, 0) is 86.5 Å². The van der Waals surface area contributed by atoms with Gasteiger partial charge in [-0.15, -0.1) is 0 Å². The number of ether oxygens (including phenoxy) is 2. The standard InChI is InChI=1S/C25H26N2O4/c1-16-6-5-7-23(17(16)2)27-24(28)18(3)31-22-12-8-19(9-13-22)25(29)26-20-10-14-21(30-4)15-11-20/h5-15,18H,1-4H3,(H,26,29)(H,27,28)/t18-/m0/s1. The van der Waals surface area contributed by atoms with E-state index in [1.54, 1.807) is 62.6 Å². The third-order valence-corrected chi connectivity index (χ3v) is 5.01. The Balaban J connectivity index is 1.58. The summed E-state index contributed by atoms with van der Waals surface area (Å²) in [5, 5.41) is 5.72. The summed E-state index contributed by atoms with van der Waals surface area (Å²) < 4.78 is 10.8. The third kappa shape index (κ3) is 5.63. The van der Waals surface area contributed by atoms with Crippen LogP contribution >= 0.6 is 0 Å². The van der Waals surface area contributed by atoms with Crippen LogP contribution in [0.5, 0.6) is 11.5 Å². The minimum Gasteiger partial charge on any atom is -0.497 e. The van der Waals surface area contributed by atoms with Crippen LogP contribution in [-0.2, 0) is 4.79 Å². The third-order valence-electron chi connectivity index (χ3n) is 5.01. The fourth-order valence-electron chi connectivity index (χ4n) is 2.94.